The molecule has 0 bridgehead atoms. The summed E-state index contributed by atoms with van der Waals surface area (Å²) in [6.45, 7) is 3.19. The van der Waals surface area contributed by atoms with Gasteiger partial charge in [0.2, 0.25) is 5.82 Å². The van der Waals surface area contributed by atoms with Crippen molar-refractivity contribution >= 4 is 23.3 Å². The van der Waals surface area contributed by atoms with E-state index in [4.69, 9.17) is 4.74 Å². The van der Waals surface area contributed by atoms with E-state index in [0.717, 1.165) is 0 Å². The SMILES string of the molecule is CSc1nc(C(C#N)Cc2ccccc2F)c([N+](=O)[O-])c(N2CCOC(C)C2)n1. The van der Waals surface area contributed by atoms with Gasteiger partial charge in [0.15, 0.2) is 5.16 Å². The Hall–Kier alpha value is -2.77. The second kappa shape index (κ2) is 9.15. The van der Waals surface area contributed by atoms with Crippen molar-refractivity contribution in [3.8, 4) is 6.07 Å². The summed E-state index contributed by atoms with van der Waals surface area (Å²) in [4.78, 5) is 21.9. The third-order valence-corrected chi connectivity index (χ3v) is 5.19. The number of hydrogen-bond acceptors (Lipinski definition) is 8. The summed E-state index contributed by atoms with van der Waals surface area (Å²) in [5, 5.41) is 22.1. The Morgan fingerprint density at radius 3 is 2.86 bits per heavy atom. The molecule has 0 aliphatic carbocycles. The van der Waals surface area contributed by atoms with Crippen molar-refractivity contribution in [2.24, 2.45) is 0 Å². The minimum absolute atomic E-state index is 0.00856. The largest absolute Gasteiger partial charge is 0.375 e. The van der Waals surface area contributed by atoms with Gasteiger partial charge in [-0.25, -0.2) is 9.37 Å². The number of halogens is 1. The van der Waals surface area contributed by atoms with Gasteiger partial charge in [0, 0.05) is 13.1 Å². The zero-order valence-electron chi connectivity index (χ0n) is 16.0. The van der Waals surface area contributed by atoms with Gasteiger partial charge in [-0.05, 0) is 31.2 Å². The Labute approximate surface area is 171 Å². The highest BCUT2D eigenvalue weighted by Crippen LogP contribution is 2.37. The molecule has 1 aliphatic rings. The van der Waals surface area contributed by atoms with Crippen molar-refractivity contribution < 1.29 is 14.1 Å². The van der Waals surface area contributed by atoms with Gasteiger partial charge in [0.1, 0.15) is 11.5 Å². The van der Waals surface area contributed by atoms with Crippen LogP contribution < -0.4 is 4.90 Å². The molecule has 2 unspecified atom stereocenters. The highest BCUT2D eigenvalue weighted by Gasteiger charge is 2.34. The van der Waals surface area contributed by atoms with Crippen LogP contribution in [0, 0.1) is 27.3 Å². The number of morpholine rings is 1. The van der Waals surface area contributed by atoms with Crippen molar-refractivity contribution in [2.75, 3.05) is 30.9 Å². The third-order valence-electron chi connectivity index (χ3n) is 4.65. The predicted molar refractivity (Wildman–Crippen MR) is 107 cm³/mol. The monoisotopic (exact) mass is 417 g/mol. The summed E-state index contributed by atoms with van der Waals surface area (Å²) < 4.78 is 19.6. The Bertz CT molecular complexity index is 952. The molecule has 1 aliphatic heterocycles. The molecule has 3 rings (SSSR count). The molecule has 1 fully saturated rings. The lowest BCUT2D eigenvalue weighted by Crippen LogP contribution is -2.42. The zero-order chi connectivity index (χ0) is 21.0. The molecule has 8 nitrogen and oxygen atoms in total. The van der Waals surface area contributed by atoms with E-state index in [-0.39, 0.29) is 29.7 Å². The van der Waals surface area contributed by atoms with Crippen LogP contribution in [0.25, 0.3) is 0 Å². The topological polar surface area (TPSA) is 105 Å². The molecule has 2 aromatic rings. The lowest BCUT2D eigenvalue weighted by Gasteiger charge is -2.32. The van der Waals surface area contributed by atoms with E-state index >= 15 is 0 Å². The fourth-order valence-electron chi connectivity index (χ4n) is 3.27. The molecule has 0 N–H and O–H groups in total. The van der Waals surface area contributed by atoms with Gasteiger partial charge in [0.25, 0.3) is 0 Å². The normalized spacial score (nSPS) is 17.6. The first kappa shape index (κ1) is 21.0. The maximum absolute atomic E-state index is 14.1. The van der Waals surface area contributed by atoms with Crippen LogP contribution in [-0.4, -0.2) is 46.9 Å². The van der Waals surface area contributed by atoms with Crippen molar-refractivity contribution in [3.05, 3.63) is 51.5 Å². The predicted octanol–water partition coefficient (Wildman–Crippen LogP) is 3.32. The number of hydrogen-bond donors (Lipinski definition) is 0. The quantitative estimate of drug-likeness (QED) is 0.305. The van der Waals surface area contributed by atoms with E-state index in [1.54, 1.807) is 29.4 Å². The Kier molecular flexibility index (Phi) is 6.61. The molecule has 1 aromatic carbocycles. The van der Waals surface area contributed by atoms with Gasteiger partial charge in [-0.1, -0.05) is 30.0 Å². The fourth-order valence-corrected chi connectivity index (χ4v) is 3.63. The Morgan fingerprint density at radius 1 is 1.48 bits per heavy atom. The van der Waals surface area contributed by atoms with Gasteiger partial charge in [-0.2, -0.15) is 10.2 Å². The zero-order valence-corrected chi connectivity index (χ0v) is 16.9. The molecule has 2 atom stereocenters. The number of nitro groups is 1. The van der Waals surface area contributed by atoms with E-state index < -0.39 is 16.7 Å². The first-order valence-corrected chi connectivity index (χ1v) is 10.3. The van der Waals surface area contributed by atoms with Crippen LogP contribution in [-0.2, 0) is 11.2 Å². The van der Waals surface area contributed by atoms with Crippen molar-refractivity contribution in [1.82, 2.24) is 9.97 Å². The maximum atomic E-state index is 14.1. The summed E-state index contributed by atoms with van der Waals surface area (Å²) in [6.07, 6.45) is 1.63. The van der Waals surface area contributed by atoms with Crippen LogP contribution >= 0.6 is 11.8 Å². The van der Waals surface area contributed by atoms with Crippen molar-refractivity contribution in [2.45, 2.75) is 30.5 Å². The summed E-state index contributed by atoms with van der Waals surface area (Å²) in [5.74, 6) is -1.27. The van der Waals surface area contributed by atoms with Crippen LogP contribution in [0.2, 0.25) is 0 Å². The van der Waals surface area contributed by atoms with Crippen LogP contribution in [0.3, 0.4) is 0 Å². The van der Waals surface area contributed by atoms with E-state index in [9.17, 15) is 19.8 Å². The van der Waals surface area contributed by atoms with Gasteiger partial charge < -0.3 is 9.64 Å². The standard InChI is InChI=1S/C19H20FN5O3S/c1-12-11-24(7-8-28-12)18-17(25(26)27)16(22-19(23-18)29-2)14(10-21)9-13-5-3-4-6-15(13)20/h3-6,12,14H,7-9,11H2,1-2H3. The van der Waals surface area contributed by atoms with Crippen molar-refractivity contribution in [3.63, 3.8) is 0 Å². The van der Waals surface area contributed by atoms with E-state index in [1.807, 2.05) is 6.92 Å². The minimum atomic E-state index is -0.988. The number of thioether (sulfide) groups is 1. The van der Waals surface area contributed by atoms with Crippen LogP contribution in [0.15, 0.2) is 29.4 Å². The molecule has 1 saturated heterocycles. The van der Waals surface area contributed by atoms with E-state index in [0.29, 0.717) is 30.4 Å². The number of benzene rings is 1. The average Bonchev–Trinajstić information content (AvgIpc) is 2.72. The first-order valence-electron chi connectivity index (χ1n) is 9.04. The van der Waals surface area contributed by atoms with Crippen LogP contribution in [0.1, 0.15) is 24.1 Å². The second-order valence-electron chi connectivity index (χ2n) is 6.63. The summed E-state index contributed by atoms with van der Waals surface area (Å²) >= 11 is 1.23. The van der Waals surface area contributed by atoms with E-state index in [1.165, 1.54) is 17.8 Å². The fraction of sp³-hybridized carbons (Fsp3) is 0.421. The minimum Gasteiger partial charge on any atom is -0.375 e. The number of anilines is 1. The number of rotatable bonds is 6. The van der Waals surface area contributed by atoms with Crippen molar-refractivity contribution in [1.29, 1.82) is 5.26 Å². The van der Waals surface area contributed by atoms with Gasteiger partial charge >= 0.3 is 5.69 Å². The molecule has 0 saturated carbocycles. The number of aromatic nitrogens is 2. The highest BCUT2D eigenvalue weighted by molar-refractivity contribution is 7.98. The smallest absolute Gasteiger partial charge is 0.334 e. The van der Waals surface area contributed by atoms with Gasteiger partial charge in [-0.3, -0.25) is 10.1 Å². The number of nitrogens with zero attached hydrogens (tertiary/aromatic N) is 5. The number of ether oxygens (including phenoxy) is 1. The molecule has 0 amide bonds. The number of nitriles is 1. The third kappa shape index (κ3) is 4.63. The van der Waals surface area contributed by atoms with Crippen LogP contribution in [0.4, 0.5) is 15.9 Å². The summed E-state index contributed by atoms with van der Waals surface area (Å²) in [7, 11) is 0. The first-order chi connectivity index (χ1) is 13.9. The molecule has 10 heteroatoms. The second-order valence-corrected chi connectivity index (χ2v) is 7.40. The molecule has 152 valence electrons. The Morgan fingerprint density at radius 2 is 2.24 bits per heavy atom. The van der Waals surface area contributed by atoms with E-state index in [2.05, 4.69) is 16.0 Å². The van der Waals surface area contributed by atoms with Crippen LogP contribution in [0.5, 0.6) is 0 Å². The Balaban J connectivity index is 2.11. The van der Waals surface area contributed by atoms with Gasteiger partial charge in [-0.15, -0.1) is 0 Å². The van der Waals surface area contributed by atoms with Gasteiger partial charge in [0.05, 0.1) is 29.6 Å². The maximum Gasteiger partial charge on any atom is 0.334 e. The highest BCUT2D eigenvalue weighted by atomic mass is 32.2. The average molecular weight is 417 g/mol. The molecule has 1 aromatic heterocycles. The molecule has 0 spiro atoms. The molecular weight excluding hydrogens is 397 g/mol. The lowest BCUT2D eigenvalue weighted by atomic mass is 9.95. The summed E-state index contributed by atoms with van der Waals surface area (Å²) in [5.41, 5.74) is 0.00763. The lowest BCUT2D eigenvalue weighted by molar-refractivity contribution is -0.385. The molecular formula is C19H20FN5O3S. The molecule has 2 heterocycles. The molecule has 0 radical (unpaired) electrons. The molecule has 29 heavy (non-hydrogen) atoms. The summed E-state index contributed by atoms with van der Waals surface area (Å²) in [6, 6.07) is 8.14.